The monoisotopic (exact) mass is 132 g/mol. The van der Waals surface area contributed by atoms with Gasteiger partial charge in [0.2, 0.25) is 0 Å². The maximum atomic E-state index is 2.00. The predicted octanol–water partition coefficient (Wildman–Crippen LogP) is 1.23. The van der Waals surface area contributed by atoms with Gasteiger partial charge in [-0.05, 0) is 0 Å². The van der Waals surface area contributed by atoms with Gasteiger partial charge < -0.3 is 6.42 Å². The predicted molar refractivity (Wildman–Crippen MR) is 15.6 cm³/mol. The smallest absolute Gasteiger partial charge is 0 e. The fraction of sp³-hybridized carbons (Fsp3) is 0.667. The van der Waals surface area contributed by atoms with Gasteiger partial charge in [0.15, 0.2) is 0 Å². The Morgan fingerprint density at radius 1 is 1.25 bits per heavy atom. The molecule has 0 spiro atoms. The molecule has 0 N–H and O–H groups in total. The van der Waals surface area contributed by atoms with Crippen LogP contribution in [0.5, 0.6) is 0 Å². The minimum absolute atomic E-state index is 0. The van der Waals surface area contributed by atoms with Crippen molar-refractivity contribution in [2.45, 2.75) is 13.8 Å². The Balaban J connectivity index is 0. The van der Waals surface area contributed by atoms with E-state index in [-0.39, 0.29) is 32.7 Å². The van der Waals surface area contributed by atoms with Crippen molar-refractivity contribution in [3.63, 3.8) is 0 Å². The molecule has 0 amide bonds. The molecule has 0 atom stereocenters. The van der Waals surface area contributed by atoms with Crippen LogP contribution >= 0.6 is 0 Å². The van der Waals surface area contributed by atoms with Gasteiger partial charge in [-0.2, -0.15) is 13.8 Å². The molecule has 0 nitrogen and oxygen atoms in total. The van der Waals surface area contributed by atoms with Crippen LogP contribution in [0.3, 0.4) is 0 Å². The third-order valence-electron chi connectivity index (χ3n) is 0. The van der Waals surface area contributed by atoms with Gasteiger partial charge in [-0.25, -0.2) is 0 Å². The van der Waals surface area contributed by atoms with Crippen molar-refractivity contribution in [3.8, 4) is 0 Å². The van der Waals surface area contributed by atoms with Crippen molar-refractivity contribution < 1.29 is 32.7 Å². The van der Waals surface area contributed by atoms with Crippen LogP contribution < -0.4 is 0 Å². The van der Waals surface area contributed by atoms with Crippen molar-refractivity contribution in [3.05, 3.63) is 6.42 Å². The van der Waals surface area contributed by atoms with Gasteiger partial charge in [0.1, 0.15) is 0 Å². The first-order chi connectivity index (χ1) is 1.41. The van der Waals surface area contributed by atoms with Crippen LogP contribution in [0, 0.1) is 6.42 Å². The molecule has 1 radical (unpaired) electrons. The molecule has 0 heterocycles. The van der Waals surface area contributed by atoms with E-state index < -0.39 is 0 Å². The molecule has 4 heavy (non-hydrogen) atoms. The first-order valence-electron chi connectivity index (χ1n) is 1.15. The zero-order valence-corrected chi connectivity index (χ0v) is 5.99. The summed E-state index contributed by atoms with van der Waals surface area (Å²) in [6, 6.07) is 0. The Labute approximate surface area is 52.9 Å². The maximum absolute atomic E-state index is 2.00. The van der Waals surface area contributed by atoms with E-state index in [0.29, 0.717) is 0 Å². The van der Waals surface area contributed by atoms with E-state index >= 15 is 0 Å². The zero-order chi connectivity index (χ0) is 2.71. The third-order valence-corrected chi connectivity index (χ3v) is 0. The number of hydrogen-bond donors (Lipinski definition) is 0. The van der Waals surface area contributed by atoms with Gasteiger partial charge in [0, 0.05) is 32.7 Å². The summed E-state index contributed by atoms with van der Waals surface area (Å²) in [7, 11) is 0. The maximum Gasteiger partial charge on any atom is 0 e. The molecule has 0 aromatic rings. The van der Waals surface area contributed by atoms with Gasteiger partial charge >= 0.3 is 0 Å². The summed E-state index contributed by atoms with van der Waals surface area (Å²) in [6.45, 7) is 4.00. The third kappa shape index (κ3) is 11.3. The summed E-state index contributed by atoms with van der Waals surface area (Å²) < 4.78 is 0. The molecule has 0 aliphatic heterocycles. The quantitative estimate of drug-likeness (QED) is 0.435. The van der Waals surface area contributed by atoms with E-state index in [0.717, 1.165) is 0 Å². The van der Waals surface area contributed by atoms with Crippen molar-refractivity contribution in [2.75, 3.05) is 0 Å². The molecule has 0 aliphatic carbocycles. The van der Waals surface area contributed by atoms with E-state index in [1.807, 2.05) is 20.3 Å². The average Bonchev–Trinajstić information content (AvgIpc) is 0.918. The molecule has 0 saturated heterocycles. The molecule has 0 unspecified atom stereocenters. The second-order valence-electron chi connectivity index (χ2n) is 0.577. The van der Waals surface area contributed by atoms with Gasteiger partial charge in [0.25, 0.3) is 0 Å². The van der Waals surface area contributed by atoms with Crippen LogP contribution in [0.2, 0.25) is 0 Å². The van der Waals surface area contributed by atoms with Crippen molar-refractivity contribution >= 4 is 0 Å². The van der Waals surface area contributed by atoms with E-state index in [4.69, 9.17) is 0 Å². The molecule has 0 rings (SSSR count). The molecule has 23 valence electrons. The number of hydrogen-bond acceptors (Lipinski definition) is 0. The Kier molecular flexibility index (Phi) is 19.9. The van der Waals surface area contributed by atoms with Crippen molar-refractivity contribution in [1.82, 2.24) is 0 Å². The largest absolute Gasteiger partial charge is 0.335 e. The Hall–Kier alpha value is 1.10. The van der Waals surface area contributed by atoms with E-state index in [2.05, 4.69) is 0 Å². The van der Waals surface area contributed by atoms with Crippen molar-refractivity contribution in [1.29, 1.82) is 0 Å². The fourth-order valence-corrected chi connectivity index (χ4v) is 0. The summed E-state index contributed by atoms with van der Waals surface area (Å²) in [5, 5.41) is 0. The SMILES string of the molecule is C[CH-]C.[Y]. The summed E-state index contributed by atoms with van der Waals surface area (Å²) in [4.78, 5) is 0. The number of rotatable bonds is 0. The Morgan fingerprint density at radius 2 is 1.25 bits per heavy atom. The van der Waals surface area contributed by atoms with Crippen molar-refractivity contribution in [2.24, 2.45) is 0 Å². The minimum Gasteiger partial charge on any atom is -0.335 e. The van der Waals surface area contributed by atoms with Gasteiger partial charge in [0.05, 0.1) is 0 Å². The van der Waals surface area contributed by atoms with Gasteiger partial charge in [-0.3, -0.25) is 0 Å². The van der Waals surface area contributed by atoms with E-state index in [1.165, 1.54) is 0 Å². The molecule has 0 saturated carbocycles. The molecule has 0 bridgehead atoms. The Morgan fingerprint density at radius 3 is 1.25 bits per heavy atom. The molecular weight excluding hydrogens is 125 g/mol. The van der Waals surface area contributed by atoms with Crippen LogP contribution in [-0.4, -0.2) is 0 Å². The van der Waals surface area contributed by atoms with E-state index in [9.17, 15) is 0 Å². The topological polar surface area (TPSA) is 0 Å². The second-order valence-corrected chi connectivity index (χ2v) is 0.577. The standard InChI is InChI=1S/C3H7.Y/c1-3-2;/h3H,1-2H3;/q-1;. The Bertz CT molecular complexity index is 3.25. The van der Waals surface area contributed by atoms with Crippen LogP contribution in [0.4, 0.5) is 0 Å². The summed E-state index contributed by atoms with van der Waals surface area (Å²) >= 11 is 0. The van der Waals surface area contributed by atoms with Crippen LogP contribution in [0.25, 0.3) is 0 Å². The molecule has 1 heteroatoms. The molecule has 0 aromatic carbocycles. The molecule has 0 fully saturated rings. The first-order valence-corrected chi connectivity index (χ1v) is 1.15. The fourth-order valence-electron chi connectivity index (χ4n) is 0. The van der Waals surface area contributed by atoms with Crippen LogP contribution in [0.15, 0.2) is 0 Å². The molecular formula is C3H7Y-. The molecule has 0 aromatic heterocycles. The first kappa shape index (κ1) is 8.92. The average molecular weight is 132 g/mol. The van der Waals surface area contributed by atoms with Gasteiger partial charge in [-0.15, -0.1) is 0 Å². The van der Waals surface area contributed by atoms with Gasteiger partial charge in [-0.1, -0.05) is 0 Å². The van der Waals surface area contributed by atoms with E-state index in [1.54, 1.807) is 0 Å². The van der Waals surface area contributed by atoms with Crippen LogP contribution in [0.1, 0.15) is 13.8 Å². The second kappa shape index (κ2) is 8.93. The summed E-state index contributed by atoms with van der Waals surface area (Å²) in [5.41, 5.74) is 0. The zero-order valence-electron chi connectivity index (χ0n) is 3.15. The molecule has 0 aliphatic rings. The van der Waals surface area contributed by atoms with Crippen LogP contribution in [-0.2, 0) is 32.7 Å². The minimum atomic E-state index is 0. The summed E-state index contributed by atoms with van der Waals surface area (Å²) in [5.74, 6) is 0. The normalized spacial score (nSPS) is 4.50. The summed E-state index contributed by atoms with van der Waals surface area (Å²) in [6.07, 6.45) is 2.00.